The second-order valence-corrected chi connectivity index (χ2v) is 8.94. The van der Waals surface area contributed by atoms with E-state index in [9.17, 15) is 9.59 Å². The van der Waals surface area contributed by atoms with Crippen molar-refractivity contribution in [3.8, 4) is 0 Å². The van der Waals surface area contributed by atoms with Crippen LogP contribution in [-0.2, 0) is 9.59 Å². The SMILES string of the molecule is CCCCC/C=C(\C)C(CCCCCCCCCCCCC)N1C(=O)CCC1=O. The number of amides is 2. The van der Waals surface area contributed by atoms with E-state index in [4.69, 9.17) is 0 Å². The standard InChI is InChI=1S/C26H47NO2/c1-4-6-8-10-11-12-13-14-15-16-18-20-24(23(3)19-17-9-7-5-2)27-25(28)21-22-26(27)29/h19,24H,4-18,20-22H2,1-3H3/b23-19+. The van der Waals surface area contributed by atoms with Crippen molar-refractivity contribution in [3.63, 3.8) is 0 Å². The van der Waals surface area contributed by atoms with Crippen LogP contribution in [0, 0.1) is 0 Å². The van der Waals surface area contributed by atoms with Gasteiger partial charge in [0.15, 0.2) is 0 Å². The number of imide groups is 1. The molecule has 1 aliphatic heterocycles. The fourth-order valence-corrected chi connectivity index (χ4v) is 4.36. The molecule has 0 spiro atoms. The normalized spacial score (nSPS) is 16.1. The second-order valence-electron chi connectivity index (χ2n) is 8.94. The Kier molecular flexibility index (Phi) is 14.9. The summed E-state index contributed by atoms with van der Waals surface area (Å²) in [5.41, 5.74) is 1.22. The highest BCUT2D eigenvalue weighted by Crippen LogP contribution is 2.25. The molecule has 1 rings (SSSR count). The lowest BCUT2D eigenvalue weighted by Gasteiger charge is -2.27. The summed E-state index contributed by atoms with van der Waals surface area (Å²) >= 11 is 0. The van der Waals surface area contributed by atoms with E-state index in [1.54, 1.807) is 4.90 Å². The molecule has 1 fully saturated rings. The van der Waals surface area contributed by atoms with Crippen LogP contribution in [0.25, 0.3) is 0 Å². The Bertz CT molecular complexity index is 467. The first-order valence-corrected chi connectivity index (χ1v) is 12.6. The molecule has 0 aromatic heterocycles. The molecule has 3 nitrogen and oxygen atoms in total. The summed E-state index contributed by atoms with van der Waals surface area (Å²) in [7, 11) is 0. The van der Waals surface area contributed by atoms with Gasteiger partial charge in [-0.1, -0.05) is 109 Å². The predicted molar refractivity (Wildman–Crippen MR) is 124 cm³/mol. The zero-order valence-electron chi connectivity index (χ0n) is 19.6. The predicted octanol–water partition coefficient (Wildman–Crippen LogP) is 7.73. The summed E-state index contributed by atoms with van der Waals surface area (Å²) in [6, 6.07) is -0.00214. The molecule has 0 radical (unpaired) electrons. The number of likely N-dealkylation sites (tertiary alicyclic amines) is 1. The van der Waals surface area contributed by atoms with Crippen molar-refractivity contribution in [2.24, 2.45) is 0 Å². The Morgan fingerprint density at radius 3 is 1.72 bits per heavy atom. The van der Waals surface area contributed by atoms with Gasteiger partial charge in [-0.05, 0) is 26.2 Å². The Morgan fingerprint density at radius 1 is 0.759 bits per heavy atom. The molecular formula is C26H47NO2. The lowest BCUT2D eigenvalue weighted by molar-refractivity contribution is -0.140. The molecule has 0 bridgehead atoms. The van der Waals surface area contributed by atoms with Gasteiger partial charge in [-0.25, -0.2) is 0 Å². The quantitative estimate of drug-likeness (QED) is 0.133. The summed E-state index contributed by atoms with van der Waals surface area (Å²) in [6.07, 6.45) is 23.3. The first-order chi connectivity index (χ1) is 14.1. The van der Waals surface area contributed by atoms with Gasteiger partial charge in [-0.2, -0.15) is 0 Å². The van der Waals surface area contributed by atoms with E-state index >= 15 is 0 Å². The molecule has 0 aromatic rings. The van der Waals surface area contributed by atoms with Gasteiger partial charge in [0.25, 0.3) is 0 Å². The van der Waals surface area contributed by atoms with Gasteiger partial charge in [0.05, 0.1) is 6.04 Å². The second kappa shape index (κ2) is 16.7. The highest BCUT2D eigenvalue weighted by molar-refractivity contribution is 6.02. The van der Waals surface area contributed by atoms with Crippen molar-refractivity contribution in [3.05, 3.63) is 11.6 Å². The van der Waals surface area contributed by atoms with E-state index < -0.39 is 0 Å². The summed E-state index contributed by atoms with van der Waals surface area (Å²) in [6.45, 7) is 6.60. The third-order valence-corrected chi connectivity index (χ3v) is 6.28. The van der Waals surface area contributed by atoms with Gasteiger partial charge in [0, 0.05) is 12.8 Å². The van der Waals surface area contributed by atoms with E-state index in [-0.39, 0.29) is 17.9 Å². The summed E-state index contributed by atoms with van der Waals surface area (Å²) in [4.78, 5) is 26.2. The van der Waals surface area contributed by atoms with Gasteiger partial charge < -0.3 is 0 Å². The number of hydrogen-bond donors (Lipinski definition) is 0. The topological polar surface area (TPSA) is 37.4 Å². The minimum Gasteiger partial charge on any atom is -0.275 e. The highest BCUT2D eigenvalue weighted by atomic mass is 16.2. The highest BCUT2D eigenvalue weighted by Gasteiger charge is 2.35. The monoisotopic (exact) mass is 405 g/mol. The third-order valence-electron chi connectivity index (χ3n) is 6.28. The molecule has 0 saturated carbocycles. The molecule has 1 unspecified atom stereocenters. The van der Waals surface area contributed by atoms with Crippen molar-refractivity contribution < 1.29 is 9.59 Å². The maximum Gasteiger partial charge on any atom is 0.230 e. The van der Waals surface area contributed by atoms with Gasteiger partial charge in [0.1, 0.15) is 0 Å². The van der Waals surface area contributed by atoms with Gasteiger partial charge in [-0.15, -0.1) is 0 Å². The van der Waals surface area contributed by atoms with Gasteiger partial charge in [0.2, 0.25) is 11.8 Å². The molecule has 0 aromatic carbocycles. The summed E-state index contributed by atoms with van der Waals surface area (Å²) in [5.74, 6) is 0.0637. The van der Waals surface area contributed by atoms with Crippen molar-refractivity contribution in [2.75, 3.05) is 0 Å². The zero-order valence-corrected chi connectivity index (χ0v) is 19.6. The van der Waals surface area contributed by atoms with Gasteiger partial charge in [-0.3, -0.25) is 14.5 Å². The number of unbranched alkanes of at least 4 members (excludes halogenated alkanes) is 13. The summed E-state index contributed by atoms with van der Waals surface area (Å²) < 4.78 is 0. The first kappa shape index (κ1) is 25.9. The van der Waals surface area contributed by atoms with Crippen molar-refractivity contribution >= 4 is 11.8 Å². The van der Waals surface area contributed by atoms with E-state index in [1.807, 2.05) is 0 Å². The summed E-state index contributed by atoms with van der Waals surface area (Å²) in [5, 5.41) is 0. The molecule has 29 heavy (non-hydrogen) atoms. The van der Waals surface area contributed by atoms with Crippen molar-refractivity contribution in [1.29, 1.82) is 0 Å². The number of rotatable bonds is 18. The molecule has 0 aliphatic carbocycles. The Morgan fingerprint density at radius 2 is 1.21 bits per heavy atom. The van der Waals surface area contributed by atoms with Crippen LogP contribution in [0.3, 0.4) is 0 Å². The molecule has 1 saturated heterocycles. The van der Waals surface area contributed by atoms with E-state index in [2.05, 4.69) is 26.8 Å². The molecule has 168 valence electrons. The Balaban J connectivity index is 2.33. The molecular weight excluding hydrogens is 358 g/mol. The van der Waals surface area contributed by atoms with E-state index in [0.717, 1.165) is 19.3 Å². The molecule has 1 atom stereocenters. The number of nitrogens with zero attached hydrogens (tertiary/aromatic N) is 1. The molecule has 1 heterocycles. The number of allylic oxidation sites excluding steroid dienone is 1. The van der Waals surface area contributed by atoms with Crippen molar-refractivity contribution in [1.82, 2.24) is 4.90 Å². The average Bonchev–Trinajstić information content (AvgIpc) is 3.04. The molecule has 1 aliphatic rings. The largest absolute Gasteiger partial charge is 0.275 e. The fraction of sp³-hybridized carbons (Fsp3) is 0.846. The van der Waals surface area contributed by atoms with Crippen LogP contribution in [0.15, 0.2) is 11.6 Å². The van der Waals surface area contributed by atoms with Crippen LogP contribution in [0.5, 0.6) is 0 Å². The Labute approximate surface area is 180 Å². The molecule has 0 N–H and O–H groups in total. The number of hydrogen-bond acceptors (Lipinski definition) is 2. The van der Waals surface area contributed by atoms with E-state index in [0.29, 0.717) is 12.8 Å². The van der Waals surface area contributed by atoms with Crippen LogP contribution in [0.1, 0.15) is 136 Å². The third kappa shape index (κ3) is 11.0. The number of carbonyl (C=O) groups is 2. The molecule has 3 heteroatoms. The number of carbonyl (C=O) groups excluding carboxylic acids is 2. The van der Waals surface area contributed by atoms with Gasteiger partial charge >= 0.3 is 0 Å². The van der Waals surface area contributed by atoms with Crippen LogP contribution >= 0.6 is 0 Å². The Hall–Kier alpha value is -1.12. The zero-order chi connectivity index (χ0) is 21.3. The average molecular weight is 406 g/mol. The lowest BCUT2D eigenvalue weighted by Crippen LogP contribution is -2.40. The maximum absolute atomic E-state index is 12.3. The van der Waals surface area contributed by atoms with Crippen LogP contribution in [-0.4, -0.2) is 22.8 Å². The van der Waals surface area contributed by atoms with Crippen LogP contribution in [0.4, 0.5) is 0 Å². The van der Waals surface area contributed by atoms with Crippen LogP contribution in [0.2, 0.25) is 0 Å². The van der Waals surface area contributed by atoms with E-state index in [1.165, 1.54) is 89.0 Å². The molecule has 2 amide bonds. The van der Waals surface area contributed by atoms with Crippen LogP contribution < -0.4 is 0 Å². The fourth-order valence-electron chi connectivity index (χ4n) is 4.36. The first-order valence-electron chi connectivity index (χ1n) is 12.6. The maximum atomic E-state index is 12.3. The lowest BCUT2D eigenvalue weighted by atomic mass is 9.97. The van der Waals surface area contributed by atoms with Crippen molar-refractivity contribution in [2.45, 2.75) is 142 Å². The smallest absolute Gasteiger partial charge is 0.230 e. The minimum absolute atomic E-state index is 0.00214. The minimum atomic E-state index is -0.00214.